The van der Waals surface area contributed by atoms with Crippen LogP contribution in [0.4, 0.5) is 0 Å². The number of thiophene rings is 1. The number of carbonyl (C=O) groups excluding carboxylic acids is 1. The van der Waals surface area contributed by atoms with Crippen molar-refractivity contribution in [2.45, 2.75) is 46.1 Å². The van der Waals surface area contributed by atoms with Crippen LogP contribution in [0.1, 0.15) is 46.1 Å². The van der Waals surface area contributed by atoms with Gasteiger partial charge in [-0.1, -0.05) is 6.92 Å². The van der Waals surface area contributed by atoms with Crippen molar-refractivity contribution in [1.29, 1.82) is 0 Å². The lowest BCUT2D eigenvalue weighted by Crippen LogP contribution is -2.43. The van der Waals surface area contributed by atoms with Crippen LogP contribution in [0.3, 0.4) is 0 Å². The van der Waals surface area contributed by atoms with Crippen LogP contribution < -0.4 is 16.0 Å². The van der Waals surface area contributed by atoms with Crippen LogP contribution in [0, 0.1) is 0 Å². The van der Waals surface area contributed by atoms with Gasteiger partial charge in [-0.15, -0.1) is 24.0 Å². The van der Waals surface area contributed by atoms with E-state index in [0.717, 1.165) is 13.1 Å². The summed E-state index contributed by atoms with van der Waals surface area (Å²) in [7, 11) is 0. The third-order valence-corrected chi connectivity index (χ3v) is 3.63. The summed E-state index contributed by atoms with van der Waals surface area (Å²) >= 11 is 1.71. The average Bonchev–Trinajstić information content (AvgIpc) is 2.93. The summed E-state index contributed by atoms with van der Waals surface area (Å²) in [5, 5.41) is 13.6. The van der Waals surface area contributed by atoms with Crippen molar-refractivity contribution in [3.05, 3.63) is 22.4 Å². The lowest BCUT2D eigenvalue weighted by atomic mass is 10.1. The van der Waals surface area contributed by atoms with E-state index in [4.69, 9.17) is 0 Å². The summed E-state index contributed by atoms with van der Waals surface area (Å²) in [5.74, 6) is 1.00. The zero-order valence-corrected chi connectivity index (χ0v) is 17.7. The van der Waals surface area contributed by atoms with E-state index in [9.17, 15) is 4.79 Å². The monoisotopic (exact) mass is 452 g/mol. The van der Waals surface area contributed by atoms with Gasteiger partial charge in [-0.25, -0.2) is 4.99 Å². The van der Waals surface area contributed by atoms with Gasteiger partial charge in [0.2, 0.25) is 5.91 Å². The van der Waals surface area contributed by atoms with Crippen LogP contribution in [0.25, 0.3) is 0 Å². The van der Waals surface area contributed by atoms with Gasteiger partial charge in [0.25, 0.3) is 0 Å². The molecule has 0 saturated carbocycles. The normalized spacial score (nSPS) is 13.0. The largest absolute Gasteiger partial charge is 0.357 e. The SMILES string of the molecule is CCNC(=NCC(=O)NC(C)(C)C)NCC(C)c1ccsc1.I. The van der Waals surface area contributed by atoms with Gasteiger partial charge in [0.1, 0.15) is 6.54 Å². The van der Waals surface area contributed by atoms with Gasteiger partial charge in [0.05, 0.1) is 0 Å². The third kappa shape index (κ3) is 9.80. The molecule has 3 N–H and O–H groups in total. The van der Waals surface area contributed by atoms with Gasteiger partial charge in [-0.05, 0) is 56.0 Å². The van der Waals surface area contributed by atoms with E-state index < -0.39 is 0 Å². The third-order valence-electron chi connectivity index (χ3n) is 2.93. The first-order valence-corrected chi connectivity index (χ1v) is 8.61. The molecule has 1 aromatic rings. The molecule has 0 radical (unpaired) electrons. The summed E-state index contributed by atoms with van der Waals surface area (Å²) in [4.78, 5) is 16.2. The second kappa shape index (κ2) is 10.9. The van der Waals surface area contributed by atoms with Crippen molar-refractivity contribution in [1.82, 2.24) is 16.0 Å². The van der Waals surface area contributed by atoms with Crippen LogP contribution in [-0.4, -0.2) is 37.0 Å². The Hall–Kier alpha value is -0.830. The van der Waals surface area contributed by atoms with E-state index in [0.29, 0.717) is 11.9 Å². The molecule has 0 aliphatic heterocycles. The average molecular weight is 452 g/mol. The second-order valence-corrected chi connectivity index (χ2v) is 7.11. The van der Waals surface area contributed by atoms with Crippen molar-refractivity contribution in [3.8, 4) is 0 Å². The van der Waals surface area contributed by atoms with Gasteiger partial charge in [0, 0.05) is 18.6 Å². The summed E-state index contributed by atoms with van der Waals surface area (Å²) in [6.07, 6.45) is 0. The molecule has 5 nitrogen and oxygen atoms in total. The first-order chi connectivity index (χ1) is 10.3. The predicted octanol–water partition coefficient (Wildman–Crippen LogP) is 2.94. The maximum Gasteiger partial charge on any atom is 0.242 e. The van der Waals surface area contributed by atoms with Crippen molar-refractivity contribution in [2.24, 2.45) is 4.99 Å². The fourth-order valence-electron chi connectivity index (χ4n) is 1.87. The Labute approximate surface area is 160 Å². The molecule has 0 aromatic carbocycles. The molecule has 0 spiro atoms. The number of nitrogens with one attached hydrogen (secondary N) is 3. The van der Waals surface area contributed by atoms with Gasteiger partial charge < -0.3 is 16.0 Å². The lowest BCUT2D eigenvalue weighted by Gasteiger charge is -2.20. The van der Waals surface area contributed by atoms with Crippen molar-refractivity contribution in [3.63, 3.8) is 0 Å². The highest BCUT2D eigenvalue weighted by Gasteiger charge is 2.13. The molecule has 1 aromatic heterocycles. The number of aliphatic imine (C=N–C) groups is 1. The second-order valence-electron chi connectivity index (χ2n) is 6.33. The topological polar surface area (TPSA) is 65.5 Å². The van der Waals surface area contributed by atoms with Crippen LogP contribution in [0.5, 0.6) is 0 Å². The van der Waals surface area contributed by atoms with Crippen LogP contribution in [-0.2, 0) is 4.79 Å². The van der Waals surface area contributed by atoms with E-state index >= 15 is 0 Å². The number of amides is 1. The standard InChI is InChI=1S/C16H28N4OS.HI/c1-6-17-15(19-10-14(21)20-16(3,4)5)18-9-12(2)13-7-8-22-11-13;/h7-8,11-12H,6,9-10H2,1-5H3,(H,20,21)(H2,17,18,19);1H. The molecule has 1 atom stereocenters. The highest BCUT2D eigenvalue weighted by Crippen LogP contribution is 2.16. The Morgan fingerprint density at radius 1 is 1.35 bits per heavy atom. The first kappa shape index (κ1) is 22.2. The van der Waals surface area contributed by atoms with Crippen molar-refractivity contribution < 1.29 is 4.79 Å². The molecule has 1 unspecified atom stereocenters. The quantitative estimate of drug-likeness (QED) is 0.353. The molecule has 1 heterocycles. The van der Waals surface area contributed by atoms with Crippen molar-refractivity contribution >= 4 is 47.2 Å². The molecule has 7 heteroatoms. The zero-order chi connectivity index (χ0) is 16.6. The summed E-state index contributed by atoms with van der Waals surface area (Å²) < 4.78 is 0. The number of hydrogen-bond donors (Lipinski definition) is 3. The summed E-state index contributed by atoms with van der Waals surface area (Å²) in [6.45, 7) is 11.7. The maximum absolute atomic E-state index is 11.8. The van der Waals surface area contributed by atoms with Crippen molar-refractivity contribution in [2.75, 3.05) is 19.6 Å². The fraction of sp³-hybridized carbons (Fsp3) is 0.625. The van der Waals surface area contributed by atoms with Gasteiger partial charge in [-0.2, -0.15) is 11.3 Å². The highest BCUT2D eigenvalue weighted by molar-refractivity contribution is 14.0. The highest BCUT2D eigenvalue weighted by atomic mass is 127. The van der Waals surface area contributed by atoms with E-state index in [1.165, 1.54) is 5.56 Å². The van der Waals surface area contributed by atoms with Crippen LogP contribution in [0.15, 0.2) is 21.8 Å². The molecule has 0 bridgehead atoms. The first-order valence-electron chi connectivity index (χ1n) is 7.67. The van der Waals surface area contributed by atoms with Crippen LogP contribution in [0.2, 0.25) is 0 Å². The summed E-state index contributed by atoms with van der Waals surface area (Å²) in [6, 6.07) is 2.14. The molecule has 0 aliphatic rings. The molecule has 0 saturated heterocycles. The van der Waals surface area contributed by atoms with E-state index in [2.05, 4.69) is 44.7 Å². The van der Waals surface area contributed by atoms with E-state index in [1.807, 2.05) is 27.7 Å². The number of hydrogen-bond acceptors (Lipinski definition) is 3. The zero-order valence-electron chi connectivity index (χ0n) is 14.6. The van der Waals surface area contributed by atoms with E-state index in [-0.39, 0.29) is 42.0 Å². The Balaban J connectivity index is 0.00000484. The summed E-state index contributed by atoms with van der Waals surface area (Å²) in [5.41, 5.74) is 1.09. The molecule has 1 rings (SSSR count). The molecule has 0 fully saturated rings. The Bertz CT molecular complexity index is 483. The fourth-order valence-corrected chi connectivity index (χ4v) is 2.66. The molecule has 132 valence electrons. The van der Waals surface area contributed by atoms with Crippen LogP contribution >= 0.6 is 35.3 Å². The smallest absolute Gasteiger partial charge is 0.242 e. The predicted molar refractivity (Wildman–Crippen MR) is 110 cm³/mol. The number of rotatable bonds is 6. The molecular formula is C16H29IN4OS. The minimum absolute atomic E-state index is 0. The number of carbonyl (C=O) groups is 1. The molecule has 1 amide bonds. The van der Waals surface area contributed by atoms with Gasteiger partial charge >= 0.3 is 0 Å². The number of guanidine groups is 1. The molecule has 0 aliphatic carbocycles. The molecular weight excluding hydrogens is 423 g/mol. The minimum Gasteiger partial charge on any atom is -0.357 e. The number of halogens is 1. The Morgan fingerprint density at radius 2 is 2.04 bits per heavy atom. The Kier molecular flexibility index (Phi) is 10.5. The maximum atomic E-state index is 11.8. The Morgan fingerprint density at radius 3 is 2.57 bits per heavy atom. The number of nitrogens with zero attached hydrogens (tertiary/aromatic N) is 1. The van der Waals surface area contributed by atoms with Gasteiger partial charge in [0.15, 0.2) is 5.96 Å². The molecule has 23 heavy (non-hydrogen) atoms. The van der Waals surface area contributed by atoms with E-state index in [1.54, 1.807) is 11.3 Å². The van der Waals surface area contributed by atoms with Gasteiger partial charge in [-0.3, -0.25) is 4.79 Å². The minimum atomic E-state index is -0.230. The lowest BCUT2D eigenvalue weighted by molar-refractivity contribution is -0.121.